The van der Waals surface area contributed by atoms with Crippen LogP contribution in [0.25, 0.3) is 0 Å². The molecular formula is C19H30F3IN4O. The third-order valence-corrected chi connectivity index (χ3v) is 4.72. The molecule has 0 amide bonds. The molecule has 1 aromatic rings. The van der Waals surface area contributed by atoms with E-state index in [0.717, 1.165) is 45.5 Å². The van der Waals surface area contributed by atoms with Gasteiger partial charge in [-0.1, -0.05) is 32.0 Å². The highest BCUT2D eigenvalue weighted by Crippen LogP contribution is 2.32. The maximum Gasteiger partial charge on any atom is 0.416 e. The average Bonchev–Trinajstić information content (AvgIpc) is 2.65. The van der Waals surface area contributed by atoms with Crippen molar-refractivity contribution in [2.75, 3.05) is 53.0 Å². The molecular weight excluding hydrogens is 484 g/mol. The first-order valence-electron chi connectivity index (χ1n) is 9.15. The maximum atomic E-state index is 13.0. The summed E-state index contributed by atoms with van der Waals surface area (Å²) in [5.74, 6) is 0.642. The zero-order valence-corrected chi connectivity index (χ0v) is 18.9. The Labute approximate surface area is 182 Å². The van der Waals surface area contributed by atoms with Gasteiger partial charge in [0.2, 0.25) is 0 Å². The summed E-state index contributed by atoms with van der Waals surface area (Å²) in [6.07, 6.45) is -4.34. The summed E-state index contributed by atoms with van der Waals surface area (Å²) in [7, 11) is 1.68. The lowest BCUT2D eigenvalue weighted by Gasteiger charge is -2.28. The van der Waals surface area contributed by atoms with Crippen molar-refractivity contribution in [3.63, 3.8) is 0 Å². The number of nitrogens with one attached hydrogen (secondary N) is 2. The number of halogens is 4. The van der Waals surface area contributed by atoms with Gasteiger partial charge in [0, 0.05) is 45.2 Å². The number of nitrogens with zero attached hydrogens (tertiary/aromatic N) is 2. The summed E-state index contributed by atoms with van der Waals surface area (Å²) in [4.78, 5) is 6.51. The minimum atomic E-state index is -4.34. The van der Waals surface area contributed by atoms with Gasteiger partial charge in [0.15, 0.2) is 5.96 Å². The van der Waals surface area contributed by atoms with Crippen LogP contribution in [0.3, 0.4) is 0 Å². The van der Waals surface area contributed by atoms with Crippen molar-refractivity contribution in [3.05, 3.63) is 35.4 Å². The minimum absolute atomic E-state index is 0. The van der Waals surface area contributed by atoms with E-state index in [2.05, 4.69) is 20.5 Å². The molecule has 9 heteroatoms. The van der Waals surface area contributed by atoms with Crippen molar-refractivity contribution in [2.24, 2.45) is 4.99 Å². The van der Waals surface area contributed by atoms with Gasteiger partial charge in [-0.15, -0.1) is 24.0 Å². The molecule has 1 aliphatic heterocycles. The lowest BCUT2D eigenvalue weighted by Crippen LogP contribution is -2.46. The third kappa shape index (κ3) is 7.75. The number of guanidine groups is 1. The van der Waals surface area contributed by atoms with E-state index in [1.165, 1.54) is 12.1 Å². The molecule has 0 bridgehead atoms. The quantitative estimate of drug-likeness (QED) is 0.348. The highest BCUT2D eigenvalue weighted by atomic mass is 127. The molecule has 2 N–H and O–H groups in total. The number of hydrogen-bond donors (Lipinski definition) is 2. The number of alkyl halides is 3. The minimum Gasteiger partial charge on any atom is -0.379 e. The second kappa shape index (κ2) is 11.2. The zero-order valence-electron chi connectivity index (χ0n) is 16.6. The van der Waals surface area contributed by atoms with E-state index in [0.29, 0.717) is 18.1 Å². The van der Waals surface area contributed by atoms with Crippen molar-refractivity contribution in [2.45, 2.75) is 25.4 Å². The van der Waals surface area contributed by atoms with Crippen LogP contribution in [0.1, 0.15) is 25.0 Å². The Balaban J connectivity index is 0.00000392. The highest BCUT2D eigenvalue weighted by molar-refractivity contribution is 14.0. The molecule has 5 nitrogen and oxygen atoms in total. The molecule has 1 aromatic carbocycles. The second-order valence-corrected chi connectivity index (χ2v) is 7.27. The number of benzene rings is 1. The van der Waals surface area contributed by atoms with Gasteiger partial charge in [-0.05, 0) is 11.6 Å². The molecule has 0 atom stereocenters. The molecule has 0 spiro atoms. The standard InChI is InChI=1S/C19H29F3N4O.HI/c1-18(2,15-5-4-6-16(13-15)19(20,21)22)14-25-17(23-3)24-7-8-26-9-11-27-12-10-26;/h4-6,13H,7-12,14H2,1-3H3,(H2,23,24,25);1H. The van der Waals surface area contributed by atoms with E-state index < -0.39 is 17.2 Å². The molecule has 1 fully saturated rings. The predicted molar refractivity (Wildman–Crippen MR) is 117 cm³/mol. The number of hydrogen-bond acceptors (Lipinski definition) is 3. The van der Waals surface area contributed by atoms with Crippen molar-refractivity contribution in [1.29, 1.82) is 0 Å². The van der Waals surface area contributed by atoms with Crippen LogP contribution in [0.2, 0.25) is 0 Å². The molecule has 1 aliphatic rings. The van der Waals surface area contributed by atoms with Gasteiger partial charge in [0.1, 0.15) is 0 Å². The summed E-state index contributed by atoms with van der Waals surface area (Å²) in [6, 6.07) is 5.50. The monoisotopic (exact) mass is 514 g/mol. The van der Waals surface area contributed by atoms with Crippen LogP contribution in [0, 0.1) is 0 Å². The average molecular weight is 514 g/mol. The Bertz CT molecular complexity index is 632. The smallest absolute Gasteiger partial charge is 0.379 e. The first kappa shape index (κ1) is 25.0. The molecule has 160 valence electrons. The van der Waals surface area contributed by atoms with E-state index in [1.54, 1.807) is 13.1 Å². The van der Waals surface area contributed by atoms with Crippen LogP contribution in [0.5, 0.6) is 0 Å². The molecule has 0 saturated carbocycles. The Kier molecular flexibility index (Phi) is 9.99. The van der Waals surface area contributed by atoms with Crippen LogP contribution in [-0.4, -0.2) is 63.8 Å². The normalized spacial score (nSPS) is 16.4. The Morgan fingerprint density at radius 3 is 2.39 bits per heavy atom. The molecule has 2 rings (SSSR count). The Morgan fingerprint density at radius 1 is 1.14 bits per heavy atom. The van der Waals surface area contributed by atoms with Gasteiger partial charge < -0.3 is 15.4 Å². The van der Waals surface area contributed by atoms with Gasteiger partial charge >= 0.3 is 6.18 Å². The van der Waals surface area contributed by atoms with Crippen LogP contribution in [-0.2, 0) is 16.3 Å². The molecule has 0 aromatic heterocycles. The first-order chi connectivity index (χ1) is 12.7. The van der Waals surface area contributed by atoms with E-state index in [-0.39, 0.29) is 24.0 Å². The fraction of sp³-hybridized carbons (Fsp3) is 0.632. The summed E-state index contributed by atoms with van der Waals surface area (Å²) in [5, 5.41) is 6.47. The topological polar surface area (TPSA) is 48.9 Å². The van der Waals surface area contributed by atoms with Crippen molar-refractivity contribution < 1.29 is 17.9 Å². The fourth-order valence-corrected chi connectivity index (χ4v) is 2.90. The van der Waals surface area contributed by atoms with Crippen LogP contribution < -0.4 is 10.6 Å². The molecule has 0 radical (unpaired) electrons. The highest BCUT2D eigenvalue weighted by Gasteiger charge is 2.32. The largest absolute Gasteiger partial charge is 0.416 e. The van der Waals surface area contributed by atoms with Gasteiger partial charge in [0.05, 0.1) is 18.8 Å². The molecule has 1 saturated heterocycles. The summed E-state index contributed by atoms with van der Waals surface area (Å²) in [6.45, 7) is 9.30. The SMILES string of the molecule is CN=C(NCCN1CCOCC1)NCC(C)(C)c1cccc(C(F)(F)F)c1.I. The Morgan fingerprint density at radius 2 is 1.79 bits per heavy atom. The van der Waals surface area contributed by atoms with Crippen LogP contribution in [0.15, 0.2) is 29.3 Å². The van der Waals surface area contributed by atoms with Gasteiger partial charge in [-0.3, -0.25) is 9.89 Å². The van der Waals surface area contributed by atoms with Crippen molar-refractivity contribution in [3.8, 4) is 0 Å². The van der Waals surface area contributed by atoms with E-state index in [4.69, 9.17) is 4.74 Å². The second-order valence-electron chi connectivity index (χ2n) is 7.27. The summed E-state index contributed by atoms with van der Waals surface area (Å²) in [5.41, 5.74) is -0.474. The van der Waals surface area contributed by atoms with Gasteiger partial charge in [0.25, 0.3) is 0 Å². The van der Waals surface area contributed by atoms with Crippen molar-refractivity contribution >= 4 is 29.9 Å². The van der Waals surface area contributed by atoms with Gasteiger partial charge in [-0.25, -0.2) is 0 Å². The van der Waals surface area contributed by atoms with E-state index in [9.17, 15) is 13.2 Å². The molecule has 1 heterocycles. The zero-order chi connectivity index (χ0) is 19.9. The van der Waals surface area contributed by atoms with Crippen LogP contribution in [0.4, 0.5) is 13.2 Å². The van der Waals surface area contributed by atoms with Gasteiger partial charge in [-0.2, -0.15) is 13.2 Å². The number of aliphatic imine (C=N–C) groups is 1. The first-order valence-corrected chi connectivity index (χ1v) is 9.15. The maximum absolute atomic E-state index is 13.0. The van der Waals surface area contributed by atoms with E-state index >= 15 is 0 Å². The van der Waals surface area contributed by atoms with Crippen molar-refractivity contribution in [1.82, 2.24) is 15.5 Å². The summed E-state index contributed by atoms with van der Waals surface area (Å²) < 4.78 is 44.2. The number of morpholine rings is 1. The lowest BCUT2D eigenvalue weighted by molar-refractivity contribution is -0.137. The molecule has 28 heavy (non-hydrogen) atoms. The predicted octanol–water partition coefficient (Wildman–Crippen LogP) is 3.10. The molecule has 0 aliphatic carbocycles. The number of ether oxygens (including phenoxy) is 1. The summed E-state index contributed by atoms with van der Waals surface area (Å²) >= 11 is 0. The van der Waals surface area contributed by atoms with E-state index in [1.807, 2.05) is 13.8 Å². The van der Waals surface area contributed by atoms with Crippen LogP contribution >= 0.6 is 24.0 Å². The third-order valence-electron chi connectivity index (χ3n) is 4.72. The lowest BCUT2D eigenvalue weighted by atomic mass is 9.84. The number of rotatable bonds is 6. The fourth-order valence-electron chi connectivity index (χ4n) is 2.90. The molecule has 0 unspecified atom stereocenters. The Hall–Kier alpha value is -1.07.